The van der Waals surface area contributed by atoms with Gasteiger partial charge in [0.05, 0.1) is 4.90 Å². The van der Waals surface area contributed by atoms with Crippen molar-refractivity contribution >= 4 is 32.6 Å². The molecule has 0 aliphatic carbocycles. The number of sulfonamides is 1. The van der Waals surface area contributed by atoms with Crippen LogP contribution in [0, 0.1) is 6.92 Å². The molecule has 2 heterocycles. The third-order valence-electron chi connectivity index (χ3n) is 5.11. The molecule has 1 N–H and O–H groups in total. The van der Waals surface area contributed by atoms with E-state index in [0.717, 1.165) is 23.8 Å². The lowest BCUT2D eigenvalue weighted by Crippen LogP contribution is -2.28. The third kappa shape index (κ3) is 4.62. The molecule has 1 aliphatic heterocycles. The first-order chi connectivity index (χ1) is 14.8. The van der Waals surface area contributed by atoms with Crippen LogP contribution in [0.3, 0.4) is 0 Å². The first kappa shape index (κ1) is 21.1. The van der Waals surface area contributed by atoms with Gasteiger partial charge >= 0.3 is 5.63 Å². The van der Waals surface area contributed by atoms with Crippen LogP contribution in [-0.4, -0.2) is 38.3 Å². The van der Waals surface area contributed by atoms with Gasteiger partial charge in [0.25, 0.3) is 5.91 Å². The van der Waals surface area contributed by atoms with Crippen molar-refractivity contribution in [3.05, 3.63) is 64.5 Å². The molecule has 1 aromatic heterocycles. The summed E-state index contributed by atoms with van der Waals surface area (Å²) in [7, 11) is -3.57. The molecule has 0 bridgehead atoms. The molecule has 162 valence electrons. The highest BCUT2D eigenvalue weighted by molar-refractivity contribution is 7.89. The number of nitrogens with zero attached hydrogens (tertiary/aromatic N) is 1. The minimum atomic E-state index is -3.57. The van der Waals surface area contributed by atoms with Gasteiger partial charge in [0.15, 0.2) is 6.61 Å². The molecule has 8 nitrogen and oxygen atoms in total. The van der Waals surface area contributed by atoms with Gasteiger partial charge in [0.2, 0.25) is 10.0 Å². The second-order valence-electron chi connectivity index (χ2n) is 7.38. The Labute approximate surface area is 179 Å². The molecule has 1 saturated heterocycles. The number of fused-ring (bicyclic) bond motifs is 1. The summed E-state index contributed by atoms with van der Waals surface area (Å²) in [6, 6.07) is 12.6. The van der Waals surface area contributed by atoms with E-state index in [9.17, 15) is 18.0 Å². The number of carbonyl (C=O) groups excluding carboxylic acids is 1. The summed E-state index contributed by atoms with van der Waals surface area (Å²) >= 11 is 0. The van der Waals surface area contributed by atoms with Crippen molar-refractivity contribution in [1.29, 1.82) is 0 Å². The quantitative estimate of drug-likeness (QED) is 0.589. The molecule has 0 saturated carbocycles. The topological polar surface area (TPSA) is 106 Å². The summed E-state index contributed by atoms with van der Waals surface area (Å²) in [4.78, 5) is 24.0. The average Bonchev–Trinajstić information content (AvgIpc) is 3.28. The third-order valence-corrected chi connectivity index (χ3v) is 7.01. The van der Waals surface area contributed by atoms with E-state index in [1.165, 1.54) is 22.5 Å². The summed E-state index contributed by atoms with van der Waals surface area (Å²) < 4.78 is 37.5. The van der Waals surface area contributed by atoms with Crippen LogP contribution in [0.1, 0.15) is 18.4 Å². The second kappa shape index (κ2) is 8.52. The van der Waals surface area contributed by atoms with Crippen LogP contribution in [0.4, 0.5) is 5.69 Å². The minimum absolute atomic E-state index is 0.146. The molecule has 1 aliphatic rings. The number of aryl methyl sites for hydroxylation is 1. The normalized spacial score (nSPS) is 14.6. The molecule has 1 fully saturated rings. The second-order valence-corrected chi connectivity index (χ2v) is 9.32. The van der Waals surface area contributed by atoms with Crippen molar-refractivity contribution in [2.75, 3.05) is 25.0 Å². The van der Waals surface area contributed by atoms with Crippen LogP contribution < -0.4 is 15.7 Å². The van der Waals surface area contributed by atoms with Gasteiger partial charge in [-0.05, 0) is 55.7 Å². The maximum atomic E-state index is 12.7. The van der Waals surface area contributed by atoms with Crippen LogP contribution in [0.5, 0.6) is 5.75 Å². The Morgan fingerprint density at radius 2 is 1.90 bits per heavy atom. The molecule has 31 heavy (non-hydrogen) atoms. The van der Waals surface area contributed by atoms with Gasteiger partial charge < -0.3 is 14.5 Å². The molecule has 9 heteroatoms. The standard InChI is InChI=1S/C22H22N2O6S/c1-15-11-22(26)30-20-13-17(7-8-19(15)20)29-14-21(25)23-16-5-4-6-18(12-16)31(27,28)24-9-2-3-10-24/h4-8,11-13H,2-3,9-10,14H2,1H3,(H,23,25). The van der Waals surface area contributed by atoms with E-state index >= 15 is 0 Å². The Hall–Kier alpha value is -3.17. The number of ether oxygens (including phenoxy) is 1. The molecule has 4 rings (SSSR count). The maximum absolute atomic E-state index is 12.7. The minimum Gasteiger partial charge on any atom is -0.484 e. The van der Waals surface area contributed by atoms with Crippen molar-refractivity contribution in [3.8, 4) is 5.75 Å². The highest BCUT2D eigenvalue weighted by atomic mass is 32.2. The average molecular weight is 442 g/mol. The van der Waals surface area contributed by atoms with Gasteiger partial charge in [0.1, 0.15) is 11.3 Å². The summed E-state index contributed by atoms with van der Waals surface area (Å²) in [6.07, 6.45) is 1.70. The Morgan fingerprint density at radius 3 is 2.68 bits per heavy atom. The van der Waals surface area contributed by atoms with Crippen LogP contribution in [0.15, 0.2) is 62.6 Å². The zero-order valence-corrected chi connectivity index (χ0v) is 17.8. The van der Waals surface area contributed by atoms with Gasteiger partial charge in [-0.2, -0.15) is 4.31 Å². The van der Waals surface area contributed by atoms with Gasteiger partial charge in [-0.3, -0.25) is 4.79 Å². The predicted molar refractivity (Wildman–Crippen MR) is 116 cm³/mol. The van der Waals surface area contributed by atoms with Crippen molar-refractivity contribution in [2.45, 2.75) is 24.7 Å². The fourth-order valence-corrected chi connectivity index (χ4v) is 5.12. The number of rotatable bonds is 6. The molecular weight excluding hydrogens is 420 g/mol. The fraction of sp³-hybridized carbons (Fsp3) is 0.273. The van der Waals surface area contributed by atoms with Gasteiger partial charge in [-0.1, -0.05) is 6.07 Å². The highest BCUT2D eigenvalue weighted by Gasteiger charge is 2.27. The van der Waals surface area contributed by atoms with E-state index in [0.29, 0.717) is 30.1 Å². The van der Waals surface area contributed by atoms with Crippen LogP contribution in [-0.2, 0) is 14.8 Å². The number of benzene rings is 2. The van der Waals surface area contributed by atoms with Crippen molar-refractivity contribution in [2.24, 2.45) is 0 Å². The zero-order chi connectivity index (χ0) is 22.0. The van der Waals surface area contributed by atoms with Gasteiger partial charge in [-0.15, -0.1) is 0 Å². The van der Waals surface area contributed by atoms with Gasteiger partial charge in [0, 0.05) is 36.3 Å². The van der Waals surface area contributed by atoms with Crippen molar-refractivity contribution < 1.29 is 22.4 Å². The summed E-state index contributed by atoms with van der Waals surface area (Å²) in [6.45, 7) is 2.55. The molecule has 1 amide bonds. The summed E-state index contributed by atoms with van der Waals surface area (Å²) in [5.74, 6) is -0.0664. The zero-order valence-electron chi connectivity index (χ0n) is 17.0. The van der Waals surface area contributed by atoms with E-state index in [1.54, 1.807) is 30.3 Å². The van der Waals surface area contributed by atoms with Crippen LogP contribution in [0.25, 0.3) is 11.0 Å². The van der Waals surface area contributed by atoms with Gasteiger partial charge in [-0.25, -0.2) is 13.2 Å². The number of carbonyl (C=O) groups is 1. The Balaban J connectivity index is 1.42. The van der Waals surface area contributed by atoms with E-state index in [2.05, 4.69) is 5.32 Å². The molecule has 0 atom stereocenters. The Bertz CT molecular complexity index is 1290. The lowest BCUT2D eigenvalue weighted by atomic mass is 10.1. The molecule has 0 unspecified atom stereocenters. The Morgan fingerprint density at radius 1 is 1.13 bits per heavy atom. The van der Waals surface area contributed by atoms with Crippen molar-refractivity contribution in [3.63, 3.8) is 0 Å². The first-order valence-corrected chi connectivity index (χ1v) is 11.3. The summed E-state index contributed by atoms with van der Waals surface area (Å²) in [5.41, 5.74) is 1.08. The molecule has 2 aromatic carbocycles. The monoisotopic (exact) mass is 442 g/mol. The number of hydrogen-bond acceptors (Lipinski definition) is 6. The lowest BCUT2D eigenvalue weighted by molar-refractivity contribution is -0.118. The number of hydrogen-bond donors (Lipinski definition) is 1. The molecular formula is C22H22N2O6S. The number of nitrogens with one attached hydrogen (secondary N) is 1. The first-order valence-electron chi connectivity index (χ1n) is 9.90. The Kier molecular flexibility index (Phi) is 5.79. The van der Waals surface area contributed by atoms with E-state index in [1.807, 2.05) is 6.92 Å². The van der Waals surface area contributed by atoms with Crippen LogP contribution in [0.2, 0.25) is 0 Å². The highest BCUT2D eigenvalue weighted by Crippen LogP contribution is 2.24. The van der Waals surface area contributed by atoms with Crippen molar-refractivity contribution in [1.82, 2.24) is 4.31 Å². The number of amides is 1. The largest absolute Gasteiger partial charge is 0.484 e. The van der Waals surface area contributed by atoms with Crippen LogP contribution >= 0.6 is 0 Å². The van der Waals surface area contributed by atoms with E-state index < -0.39 is 21.6 Å². The SMILES string of the molecule is Cc1cc(=O)oc2cc(OCC(=O)Nc3cccc(S(=O)(=O)N4CCCC4)c3)ccc12. The summed E-state index contributed by atoms with van der Waals surface area (Å²) in [5, 5.41) is 3.43. The predicted octanol–water partition coefficient (Wildman–Crippen LogP) is 2.90. The number of anilines is 1. The molecule has 0 spiro atoms. The lowest BCUT2D eigenvalue weighted by Gasteiger charge is -2.16. The van der Waals surface area contributed by atoms with E-state index in [4.69, 9.17) is 9.15 Å². The smallest absolute Gasteiger partial charge is 0.336 e. The maximum Gasteiger partial charge on any atom is 0.336 e. The molecule has 3 aromatic rings. The molecule has 0 radical (unpaired) electrons. The van der Waals surface area contributed by atoms with E-state index in [-0.39, 0.29) is 11.5 Å². The fourth-order valence-electron chi connectivity index (χ4n) is 3.55.